The van der Waals surface area contributed by atoms with E-state index in [2.05, 4.69) is 0 Å². The monoisotopic (exact) mass is 354 g/mol. The van der Waals surface area contributed by atoms with Gasteiger partial charge in [0.25, 0.3) is 0 Å². The van der Waals surface area contributed by atoms with Crippen LogP contribution in [0.2, 0.25) is 19.0 Å². The van der Waals surface area contributed by atoms with E-state index in [1.807, 2.05) is 20.8 Å². The average molecular weight is 354 g/mol. The van der Waals surface area contributed by atoms with E-state index in [-0.39, 0.29) is 53.7 Å². The zero-order valence-electron chi connectivity index (χ0n) is 14.7. The molecule has 0 aliphatic rings. The van der Waals surface area contributed by atoms with Crippen molar-refractivity contribution >= 4 is 56.1 Å². The number of rotatable bonds is 9. The van der Waals surface area contributed by atoms with Crippen LogP contribution < -0.4 is 30.1 Å². The van der Waals surface area contributed by atoms with Crippen molar-refractivity contribution < 1.29 is 30.1 Å². The van der Waals surface area contributed by atoms with Crippen molar-refractivity contribution in [1.29, 1.82) is 0 Å². The maximum Gasteiger partial charge on any atom is 3.00 e. The third-order valence-corrected chi connectivity index (χ3v) is 2.38. The second-order valence-corrected chi connectivity index (χ2v) is 4.72. The van der Waals surface area contributed by atoms with Crippen LogP contribution in [0.15, 0.2) is 0 Å². The quantitative estimate of drug-likeness (QED) is 0.390. The largest absolute Gasteiger partial charge is 3.00 e. The van der Waals surface area contributed by atoms with E-state index < -0.39 is 21.4 Å². The first-order valence-corrected chi connectivity index (χ1v) is 7.76. The molecule has 0 rings (SSSR count). The molecule has 23 heavy (non-hydrogen) atoms. The molecule has 0 saturated heterocycles. The van der Waals surface area contributed by atoms with Gasteiger partial charge in [0.2, 0.25) is 0 Å². The summed E-state index contributed by atoms with van der Waals surface area (Å²) in [7, 11) is -4.79. The molecular weight excluding hydrogens is 327 g/mol. The minimum absolute atomic E-state index is 0. The Balaban J connectivity index is -0.0000000675. The normalized spacial score (nSPS) is 8.22. The van der Waals surface area contributed by atoms with Gasteiger partial charge >= 0.3 is 34.7 Å². The fraction of sp³-hybridized carbons (Fsp3) is 1.00. The standard InChI is InChI=1S/3C4H9BO2.2Al/c3*1-2-3-4-5(6)7;;/h3*2-4H2,1H3;;/q3*-2;2*+3. The van der Waals surface area contributed by atoms with Gasteiger partial charge in [0, 0.05) is 0 Å². The van der Waals surface area contributed by atoms with Crippen molar-refractivity contribution in [2.45, 2.75) is 78.3 Å². The first kappa shape index (κ1) is 35.2. The molecule has 126 valence electrons. The topological polar surface area (TPSA) is 138 Å². The maximum absolute atomic E-state index is 9.73. The molecule has 0 unspecified atom stereocenters. The molecule has 0 bridgehead atoms. The fourth-order valence-corrected chi connectivity index (χ4v) is 1.11. The number of unbranched alkanes of at least 4 members (excludes halogenated alkanes) is 3. The van der Waals surface area contributed by atoms with E-state index in [1.54, 1.807) is 0 Å². The second kappa shape index (κ2) is 30.9. The molecule has 0 fully saturated rings. The third-order valence-electron chi connectivity index (χ3n) is 2.38. The van der Waals surface area contributed by atoms with E-state index in [4.69, 9.17) is 0 Å². The van der Waals surface area contributed by atoms with Crippen LogP contribution in [-0.4, -0.2) is 56.1 Å². The molecule has 0 aromatic carbocycles. The van der Waals surface area contributed by atoms with Crippen molar-refractivity contribution in [3.05, 3.63) is 0 Å². The van der Waals surface area contributed by atoms with Crippen LogP contribution in [0, 0.1) is 0 Å². The predicted molar refractivity (Wildman–Crippen MR) is 87.9 cm³/mol. The summed E-state index contributed by atoms with van der Waals surface area (Å²) < 4.78 is 0. The molecule has 0 aromatic heterocycles. The average Bonchev–Trinajstić information content (AvgIpc) is 2.41. The zero-order valence-corrected chi connectivity index (χ0v) is 17.0. The van der Waals surface area contributed by atoms with Gasteiger partial charge in [0.1, 0.15) is 0 Å². The Kier molecular flexibility index (Phi) is 47.2. The molecule has 0 aliphatic carbocycles. The second-order valence-electron chi connectivity index (χ2n) is 4.72. The molecule has 0 N–H and O–H groups in total. The molecule has 0 atom stereocenters. The smallest absolute Gasteiger partial charge is 0.893 e. The molecule has 0 aliphatic heterocycles. The summed E-state index contributed by atoms with van der Waals surface area (Å²) in [5, 5.41) is 58.4. The Labute approximate surface area is 164 Å². The summed E-state index contributed by atoms with van der Waals surface area (Å²) in [6.07, 6.45) is 6.03. The molecule has 6 nitrogen and oxygen atoms in total. The maximum atomic E-state index is 9.73. The summed E-state index contributed by atoms with van der Waals surface area (Å²) >= 11 is 0. The molecule has 0 saturated carbocycles. The molecular formula is C12H27Al2B3O6. The molecule has 0 aromatic rings. The fourth-order valence-electron chi connectivity index (χ4n) is 1.11. The van der Waals surface area contributed by atoms with Gasteiger partial charge in [0.05, 0.1) is 0 Å². The molecule has 0 amide bonds. The Morgan fingerprint density at radius 2 is 0.652 bits per heavy atom. The minimum Gasteiger partial charge on any atom is -0.893 e. The van der Waals surface area contributed by atoms with Gasteiger partial charge in [0.15, 0.2) is 0 Å². The summed E-state index contributed by atoms with van der Waals surface area (Å²) in [5.74, 6) is 0. The van der Waals surface area contributed by atoms with Crippen LogP contribution >= 0.6 is 0 Å². The van der Waals surface area contributed by atoms with E-state index in [0.29, 0.717) is 0 Å². The van der Waals surface area contributed by atoms with Crippen LogP contribution in [0.25, 0.3) is 0 Å². The first-order valence-electron chi connectivity index (χ1n) is 7.76. The van der Waals surface area contributed by atoms with Crippen molar-refractivity contribution in [2.75, 3.05) is 0 Å². The van der Waals surface area contributed by atoms with Crippen LogP contribution in [-0.2, 0) is 0 Å². The van der Waals surface area contributed by atoms with Crippen LogP contribution in [0.4, 0.5) is 0 Å². The van der Waals surface area contributed by atoms with Crippen molar-refractivity contribution in [2.24, 2.45) is 0 Å². The molecule has 0 radical (unpaired) electrons. The predicted octanol–water partition coefficient (Wildman–Crippen LogP) is -3.78. The van der Waals surface area contributed by atoms with Crippen molar-refractivity contribution in [3.8, 4) is 0 Å². The van der Waals surface area contributed by atoms with Crippen molar-refractivity contribution in [3.63, 3.8) is 0 Å². The van der Waals surface area contributed by atoms with Gasteiger partial charge in [-0.25, -0.2) is 0 Å². The van der Waals surface area contributed by atoms with E-state index in [9.17, 15) is 30.1 Å². The molecule has 0 heterocycles. The third kappa shape index (κ3) is 60.0. The Hall–Kier alpha value is 1.02. The van der Waals surface area contributed by atoms with E-state index in [1.165, 1.54) is 0 Å². The van der Waals surface area contributed by atoms with Gasteiger partial charge in [-0.2, -0.15) is 0 Å². The SMILES string of the molecule is CCCCB([O-])[O-].CCCCB([O-])[O-].CCCCB([O-])[O-].[Al+3].[Al+3]. The van der Waals surface area contributed by atoms with Crippen LogP contribution in [0.3, 0.4) is 0 Å². The van der Waals surface area contributed by atoms with E-state index in [0.717, 1.165) is 38.5 Å². The van der Waals surface area contributed by atoms with Gasteiger partial charge < -0.3 is 30.1 Å². The van der Waals surface area contributed by atoms with Gasteiger partial charge in [-0.1, -0.05) is 59.3 Å². The summed E-state index contributed by atoms with van der Waals surface area (Å²) in [5.41, 5.74) is 0. The van der Waals surface area contributed by atoms with E-state index >= 15 is 0 Å². The Bertz CT molecular complexity index is 154. The zero-order chi connectivity index (χ0) is 17.1. The summed E-state index contributed by atoms with van der Waals surface area (Å²) in [6.45, 7) is 5.88. The van der Waals surface area contributed by atoms with Crippen LogP contribution in [0.1, 0.15) is 59.3 Å². The van der Waals surface area contributed by atoms with Crippen molar-refractivity contribution in [1.82, 2.24) is 0 Å². The molecule has 11 heteroatoms. The van der Waals surface area contributed by atoms with Gasteiger partial charge in [-0.15, -0.1) is 40.3 Å². The minimum atomic E-state index is -1.60. The Morgan fingerprint density at radius 1 is 0.478 bits per heavy atom. The summed E-state index contributed by atoms with van der Waals surface area (Å²) in [6, 6.07) is 0. The van der Waals surface area contributed by atoms with Crippen LogP contribution in [0.5, 0.6) is 0 Å². The number of hydrogen-bond acceptors (Lipinski definition) is 6. The summed E-state index contributed by atoms with van der Waals surface area (Å²) in [4.78, 5) is 0. The first-order chi connectivity index (χ1) is 9.81. The van der Waals surface area contributed by atoms with Gasteiger partial charge in [-0.05, 0) is 0 Å². The number of hydrogen-bond donors (Lipinski definition) is 0. The Morgan fingerprint density at radius 3 is 0.696 bits per heavy atom. The van der Waals surface area contributed by atoms with Gasteiger partial charge in [-0.3, -0.25) is 0 Å². The molecule has 0 spiro atoms.